The Bertz CT molecular complexity index is 3400. The summed E-state index contributed by atoms with van der Waals surface area (Å²) in [6.45, 7) is 0. The second kappa shape index (κ2) is 11.8. The largest absolute Gasteiger partial charge is 0.308 e. The second-order valence-electron chi connectivity index (χ2n) is 14.0. The van der Waals surface area contributed by atoms with Gasteiger partial charge < -0.3 is 13.7 Å². The fourth-order valence-corrected chi connectivity index (χ4v) is 8.81. The molecule has 11 rings (SSSR count). The molecule has 0 atom stereocenters. The standard InChI is InChI=1S/C50H29N5/c51-30-32-23-28-47(42(29-32)33-24-26-35(27-25-33)53-43-18-5-3-14-38(43)40-16-9-11-34(31-52)49(40)53)55-46-21-8-4-15-39(46)41-17-10-22-48(50(41)55)54-44-19-6-1-12-36(44)37-13-2-7-20-45(37)54/h1-29H. The molecule has 5 nitrogen and oxygen atoms in total. The van der Waals surface area contributed by atoms with Crippen molar-refractivity contribution in [3.63, 3.8) is 0 Å². The molecule has 0 N–H and O–H groups in total. The van der Waals surface area contributed by atoms with E-state index in [4.69, 9.17) is 0 Å². The van der Waals surface area contributed by atoms with Crippen LogP contribution in [0.4, 0.5) is 0 Å². The summed E-state index contributed by atoms with van der Waals surface area (Å²) in [5.74, 6) is 0. The number of hydrogen-bond acceptors (Lipinski definition) is 2. The number of benzene rings is 8. The number of aromatic nitrogens is 3. The zero-order valence-corrected chi connectivity index (χ0v) is 29.5. The fraction of sp³-hybridized carbons (Fsp3) is 0. The number of nitrogens with zero attached hydrogens (tertiary/aromatic N) is 5. The lowest BCUT2D eigenvalue weighted by atomic mass is 10.00. The van der Waals surface area contributed by atoms with E-state index in [2.05, 4.69) is 165 Å². The SMILES string of the molecule is N#Cc1ccc(-n2c3ccccc3c3cccc(-n4c5ccccc5c5ccccc54)c32)c(-c2ccc(-n3c4ccccc4c4cccc(C#N)c43)cc2)c1. The molecule has 0 saturated heterocycles. The van der Waals surface area contributed by atoms with Crippen LogP contribution in [-0.2, 0) is 0 Å². The van der Waals surface area contributed by atoms with E-state index in [-0.39, 0.29) is 0 Å². The van der Waals surface area contributed by atoms with Crippen molar-refractivity contribution < 1.29 is 0 Å². The Morgan fingerprint density at radius 3 is 1.47 bits per heavy atom. The molecule has 3 heterocycles. The molecule has 0 fully saturated rings. The number of rotatable bonds is 4. The first-order valence-electron chi connectivity index (χ1n) is 18.3. The molecule has 0 aliphatic carbocycles. The van der Waals surface area contributed by atoms with E-state index in [9.17, 15) is 10.5 Å². The summed E-state index contributed by atoms with van der Waals surface area (Å²) >= 11 is 0. The monoisotopic (exact) mass is 699 g/mol. The number of nitriles is 2. The van der Waals surface area contributed by atoms with Gasteiger partial charge in [0.2, 0.25) is 0 Å². The van der Waals surface area contributed by atoms with Gasteiger partial charge in [-0.25, -0.2) is 0 Å². The van der Waals surface area contributed by atoms with Crippen LogP contribution in [0.25, 0.3) is 93.6 Å². The molecule has 0 unspecified atom stereocenters. The highest BCUT2D eigenvalue weighted by atomic mass is 15.1. The van der Waals surface area contributed by atoms with Crippen LogP contribution in [0.1, 0.15) is 11.1 Å². The third kappa shape index (κ3) is 4.39. The highest BCUT2D eigenvalue weighted by Gasteiger charge is 2.22. The van der Waals surface area contributed by atoms with E-state index in [0.717, 1.165) is 82.8 Å². The van der Waals surface area contributed by atoms with Gasteiger partial charge in [0.25, 0.3) is 0 Å². The van der Waals surface area contributed by atoms with Gasteiger partial charge in [-0.1, -0.05) is 109 Å². The van der Waals surface area contributed by atoms with Gasteiger partial charge in [-0.2, -0.15) is 10.5 Å². The molecule has 0 bridgehead atoms. The van der Waals surface area contributed by atoms with Crippen molar-refractivity contribution in [1.29, 1.82) is 10.5 Å². The summed E-state index contributed by atoms with van der Waals surface area (Å²) in [4.78, 5) is 0. The van der Waals surface area contributed by atoms with Crippen LogP contribution in [0, 0.1) is 22.7 Å². The molecule has 8 aromatic carbocycles. The van der Waals surface area contributed by atoms with Gasteiger partial charge in [-0.15, -0.1) is 0 Å². The third-order valence-electron chi connectivity index (χ3n) is 11.1. The lowest BCUT2D eigenvalue weighted by Crippen LogP contribution is -2.02. The lowest BCUT2D eigenvalue weighted by Gasteiger charge is -2.18. The van der Waals surface area contributed by atoms with Crippen molar-refractivity contribution >= 4 is 65.4 Å². The maximum atomic E-state index is 10.2. The van der Waals surface area contributed by atoms with Crippen LogP contribution < -0.4 is 0 Å². The first kappa shape index (κ1) is 30.7. The average molecular weight is 700 g/mol. The molecule has 0 aliphatic rings. The lowest BCUT2D eigenvalue weighted by molar-refractivity contribution is 1.13. The maximum Gasteiger partial charge on any atom is 0.101 e. The zero-order chi connectivity index (χ0) is 36.6. The highest BCUT2D eigenvalue weighted by Crippen LogP contribution is 2.42. The van der Waals surface area contributed by atoms with Crippen molar-refractivity contribution in [3.05, 3.63) is 187 Å². The molecule has 0 radical (unpaired) electrons. The minimum Gasteiger partial charge on any atom is -0.308 e. The Kier molecular flexibility index (Phi) is 6.61. The van der Waals surface area contributed by atoms with E-state index in [1.165, 1.54) is 10.8 Å². The van der Waals surface area contributed by atoms with E-state index >= 15 is 0 Å². The topological polar surface area (TPSA) is 62.4 Å². The predicted molar refractivity (Wildman–Crippen MR) is 224 cm³/mol. The Hall–Kier alpha value is -7.86. The van der Waals surface area contributed by atoms with Crippen LogP contribution in [0.3, 0.4) is 0 Å². The first-order chi connectivity index (χ1) is 27.2. The minimum atomic E-state index is 0.590. The van der Waals surface area contributed by atoms with Gasteiger partial charge in [-0.3, -0.25) is 0 Å². The number of fused-ring (bicyclic) bond motifs is 9. The van der Waals surface area contributed by atoms with Crippen molar-refractivity contribution in [2.24, 2.45) is 0 Å². The molecule has 254 valence electrons. The number of para-hydroxylation sites is 6. The molecule has 0 saturated carbocycles. The van der Waals surface area contributed by atoms with Crippen molar-refractivity contribution in [1.82, 2.24) is 13.7 Å². The van der Waals surface area contributed by atoms with Gasteiger partial charge in [-0.05, 0) is 72.3 Å². The van der Waals surface area contributed by atoms with Gasteiger partial charge in [0, 0.05) is 43.6 Å². The van der Waals surface area contributed by atoms with Gasteiger partial charge >= 0.3 is 0 Å². The third-order valence-corrected chi connectivity index (χ3v) is 11.1. The van der Waals surface area contributed by atoms with Crippen LogP contribution in [0.5, 0.6) is 0 Å². The first-order valence-corrected chi connectivity index (χ1v) is 18.3. The highest BCUT2D eigenvalue weighted by molar-refractivity contribution is 6.15. The summed E-state index contributed by atoms with van der Waals surface area (Å²) in [7, 11) is 0. The Balaban J connectivity index is 1.18. The molecule has 5 heteroatoms. The van der Waals surface area contributed by atoms with Crippen LogP contribution >= 0.6 is 0 Å². The molecule has 0 amide bonds. The van der Waals surface area contributed by atoms with Gasteiger partial charge in [0.1, 0.15) is 6.07 Å². The zero-order valence-electron chi connectivity index (χ0n) is 29.5. The van der Waals surface area contributed by atoms with E-state index in [1.807, 2.05) is 36.4 Å². The van der Waals surface area contributed by atoms with E-state index in [1.54, 1.807) is 0 Å². The quantitative estimate of drug-likeness (QED) is 0.184. The molecular weight excluding hydrogens is 671 g/mol. The van der Waals surface area contributed by atoms with Gasteiger partial charge in [0.15, 0.2) is 0 Å². The fourth-order valence-electron chi connectivity index (χ4n) is 8.81. The number of hydrogen-bond donors (Lipinski definition) is 0. The van der Waals surface area contributed by atoms with Crippen molar-refractivity contribution in [3.8, 4) is 40.3 Å². The Labute approximate surface area is 316 Å². The molecule has 55 heavy (non-hydrogen) atoms. The second-order valence-corrected chi connectivity index (χ2v) is 14.0. The minimum absolute atomic E-state index is 0.590. The molecule has 3 aromatic heterocycles. The van der Waals surface area contributed by atoms with Gasteiger partial charge in [0.05, 0.1) is 61.7 Å². The van der Waals surface area contributed by atoms with Crippen molar-refractivity contribution in [2.45, 2.75) is 0 Å². The predicted octanol–water partition coefficient (Wildman–Crippen LogP) is 12.4. The van der Waals surface area contributed by atoms with E-state index < -0.39 is 0 Å². The summed E-state index contributed by atoms with van der Waals surface area (Å²) in [6, 6.07) is 65.9. The van der Waals surface area contributed by atoms with Crippen molar-refractivity contribution in [2.75, 3.05) is 0 Å². The summed E-state index contributed by atoms with van der Waals surface area (Å²) in [5.41, 5.74) is 12.6. The molecule has 0 spiro atoms. The summed E-state index contributed by atoms with van der Waals surface area (Å²) < 4.78 is 6.95. The molecular formula is C50H29N5. The summed E-state index contributed by atoms with van der Waals surface area (Å²) in [6.07, 6.45) is 0. The maximum absolute atomic E-state index is 10.2. The molecule has 0 aliphatic heterocycles. The van der Waals surface area contributed by atoms with E-state index in [0.29, 0.717) is 11.1 Å². The average Bonchev–Trinajstić information content (AvgIpc) is 3.90. The normalized spacial score (nSPS) is 11.6. The Morgan fingerprint density at radius 2 is 0.873 bits per heavy atom. The van der Waals surface area contributed by atoms with Crippen LogP contribution in [0.15, 0.2) is 176 Å². The van der Waals surface area contributed by atoms with Crippen LogP contribution in [-0.4, -0.2) is 13.7 Å². The molecule has 11 aromatic rings. The smallest absolute Gasteiger partial charge is 0.101 e. The summed E-state index contributed by atoms with van der Waals surface area (Å²) in [5, 5.41) is 27.2. The Morgan fingerprint density at radius 1 is 0.364 bits per heavy atom. The van der Waals surface area contributed by atoms with Crippen LogP contribution in [0.2, 0.25) is 0 Å².